The number of alkyl carbamates (subject to hydrolysis) is 2. The summed E-state index contributed by atoms with van der Waals surface area (Å²) in [5.74, 6) is 1.96. The molecule has 340 valence electrons. The summed E-state index contributed by atoms with van der Waals surface area (Å²) in [5, 5.41) is 19.3. The first-order valence-corrected chi connectivity index (χ1v) is 22.2. The Bertz CT molecular complexity index is 2720. The molecule has 65 heavy (non-hydrogen) atoms. The van der Waals surface area contributed by atoms with E-state index in [-0.39, 0.29) is 35.9 Å². The van der Waals surface area contributed by atoms with Crippen molar-refractivity contribution >= 4 is 39.9 Å². The first-order valence-electron chi connectivity index (χ1n) is 22.2. The van der Waals surface area contributed by atoms with E-state index in [0.29, 0.717) is 37.6 Å². The second-order valence-corrected chi connectivity index (χ2v) is 17.7. The number of benzene rings is 4. The number of nitrogens with one attached hydrogen (secondary N) is 4. The number of carbonyl (C=O) groups is 3. The number of ether oxygens (including phenoxy) is 4. The molecule has 3 aliphatic rings. The van der Waals surface area contributed by atoms with Crippen molar-refractivity contribution in [2.24, 2.45) is 11.8 Å². The molecule has 3 aliphatic heterocycles. The van der Waals surface area contributed by atoms with E-state index in [4.69, 9.17) is 28.9 Å². The van der Waals surface area contributed by atoms with E-state index < -0.39 is 30.5 Å². The number of fused-ring (bicyclic) bond motifs is 6. The number of rotatable bonds is 12. The van der Waals surface area contributed by atoms with Gasteiger partial charge in [0.25, 0.3) is 5.91 Å². The second kappa shape index (κ2) is 18.2. The van der Waals surface area contributed by atoms with Crippen LogP contribution in [0.2, 0.25) is 0 Å². The van der Waals surface area contributed by atoms with Crippen molar-refractivity contribution in [2.45, 2.75) is 83.1 Å². The molecule has 0 saturated carbocycles. The Kier molecular flexibility index (Phi) is 12.2. The number of aliphatic hydroxyl groups excluding tert-OH is 1. The smallest absolute Gasteiger partial charge is 0.407 e. The molecule has 4 aromatic carbocycles. The van der Waals surface area contributed by atoms with Gasteiger partial charge < -0.3 is 49.6 Å². The molecule has 0 bridgehead atoms. The molecule has 2 saturated heterocycles. The summed E-state index contributed by atoms with van der Waals surface area (Å²) < 4.78 is 21.7. The number of aliphatic hydroxyl groups is 1. The Labute approximate surface area is 377 Å². The van der Waals surface area contributed by atoms with Gasteiger partial charge in [0.1, 0.15) is 36.3 Å². The molecule has 5 heterocycles. The summed E-state index contributed by atoms with van der Waals surface area (Å²) in [5.41, 5.74) is 7.20. The average Bonchev–Trinajstić information content (AvgIpc) is 4.15. The Morgan fingerprint density at radius 1 is 0.908 bits per heavy atom. The Morgan fingerprint density at radius 2 is 1.69 bits per heavy atom. The third kappa shape index (κ3) is 8.37. The van der Waals surface area contributed by atoms with Crippen molar-refractivity contribution in [3.63, 3.8) is 0 Å². The van der Waals surface area contributed by atoms with E-state index >= 15 is 0 Å². The molecule has 16 heteroatoms. The summed E-state index contributed by atoms with van der Waals surface area (Å²) in [7, 11) is 4.25. The molecule has 2 aromatic heterocycles. The van der Waals surface area contributed by atoms with Gasteiger partial charge in [-0.05, 0) is 84.0 Å². The van der Waals surface area contributed by atoms with Gasteiger partial charge >= 0.3 is 12.2 Å². The van der Waals surface area contributed by atoms with Crippen LogP contribution in [0.5, 0.6) is 5.75 Å². The highest BCUT2D eigenvalue weighted by Gasteiger charge is 2.43. The molecule has 16 nitrogen and oxygen atoms in total. The van der Waals surface area contributed by atoms with Crippen LogP contribution in [0.25, 0.3) is 44.2 Å². The predicted octanol–water partition coefficient (Wildman–Crippen LogP) is 7.52. The van der Waals surface area contributed by atoms with Crippen LogP contribution in [-0.2, 0) is 25.6 Å². The largest absolute Gasteiger partial charge is 0.488 e. The van der Waals surface area contributed by atoms with Crippen LogP contribution >= 0.6 is 0 Å². The van der Waals surface area contributed by atoms with Crippen molar-refractivity contribution < 1.29 is 38.4 Å². The highest BCUT2D eigenvalue weighted by molar-refractivity contribution is 6.07. The number of likely N-dealkylation sites (tertiary alicyclic amines) is 2. The average molecular weight is 885 g/mol. The van der Waals surface area contributed by atoms with Crippen molar-refractivity contribution in [1.29, 1.82) is 0 Å². The van der Waals surface area contributed by atoms with Gasteiger partial charge in [0.2, 0.25) is 0 Å². The summed E-state index contributed by atoms with van der Waals surface area (Å²) in [6, 6.07) is 21.9. The fourth-order valence-electron chi connectivity index (χ4n) is 10.0. The molecule has 5 N–H and O–H groups in total. The van der Waals surface area contributed by atoms with Gasteiger partial charge in [-0.3, -0.25) is 9.69 Å². The number of aromatic nitrogens is 4. The zero-order chi connectivity index (χ0) is 45.5. The maximum Gasteiger partial charge on any atom is 0.407 e. The highest BCUT2D eigenvalue weighted by Crippen LogP contribution is 2.44. The van der Waals surface area contributed by atoms with Crippen molar-refractivity contribution in [3.8, 4) is 28.1 Å². The minimum Gasteiger partial charge on any atom is -0.488 e. The van der Waals surface area contributed by atoms with Crippen molar-refractivity contribution in [2.75, 3.05) is 34.5 Å². The van der Waals surface area contributed by atoms with Gasteiger partial charge in [-0.2, -0.15) is 0 Å². The molecule has 0 radical (unpaired) electrons. The lowest BCUT2D eigenvalue weighted by atomic mass is 9.92. The van der Waals surface area contributed by atoms with E-state index in [9.17, 15) is 19.5 Å². The number of hydrogen-bond acceptors (Lipinski definition) is 11. The molecule has 6 aromatic rings. The topological polar surface area (TPSA) is 196 Å². The maximum atomic E-state index is 14.3. The number of imidazole rings is 2. The molecule has 0 spiro atoms. The summed E-state index contributed by atoms with van der Waals surface area (Å²) in [4.78, 5) is 59.9. The predicted molar refractivity (Wildman–Crippen MR) is 244 cm³/mol. The lowest BCUT2D eigenvalue weighted by Crippen LogP contribution is -2.55. The third-order valence-corrected chi connectivity index (χ3v) is 13.3. The number of aromatic amines is 2. The molecular formula is C49H56N8O8. The van der Waals surface area contributed by atoms with Crippen molar-refractivity contribution in [3.05, 3.63) is 102 Å². The molecule has 0 aliphatic carbocycles. The first-order chi connectivity index (χ1) is 31.5. The number of H-pyrrole nitrogens is 2. The van der Waals surface area contributed by atoms with Crippen LogP contribution in [0.3, 0.4) is 0 Å². The van der Waals surface area contributed by atoms with Crippen LogP contribution in [0.4, 0.5) is 9.59 Å². The maximum absolute atomic E-state index is 14.3. The molecule has 1 unspecified atom stereocenters. The lowest BCUT2D eigenvalue weighted by molar-refractivity contribution is -0.134. The van der Waals surface area contributed by atoms with Crippen LogP contribution in [0.15, 0.2) is 79.0 Å². The third-order valence-electron chi connectivity index (χ3n) is 13.3. The fraction of sp³-hybridized carbons (Fsp3) is 0.408. The molecule has 7 atom stereocenters. The molecular weight excluding hydrogens is 829 g/mol. The Balaban J connectivity index is 0.973. The number of methoxy groups -OCH3 is 3. The van der Waals surface area contributed by atoms with Gasteiger partial charge in [0, 0.05) is 36.6 Å². The Hall–Kier alpha value is -6.49. The molecule has 2 fully saturated rings. The number of amides is 3. The van der Waals surface area contributed by atoms with Gasteiger partial charge in [-0.1, -0.05) is 62.4 Å². The zero-order valence-corrected chi connectivity index (χ0v) is 37.5. The second-order valence-electron chi connectivity index (χ2n) is 17.7. The van der Waals surface area contributed by atoms with E-state index in [1.165, 1.54) is 14.2 Å². The van der Waals surface area contributed by atoms with Crippen molar-refractivity contribution in [1.82, 2.24) is 40.4 Å². The molecule has 9 rings (SSSR count). The Morgan fingerprint density at radius 3 is 2.45 bits per heavy atom. The van der Waals surface area contributed by atoms with Gasteiger partial charge in [0.15, 0.2) is 0 Å². The number of nitrogens with zero attached hydrogens (tertiary/aromatic N) is 4. The van der Waals surface area contributed by atoms with E-state index in [1.54, 1.807) is 18.2 Å². The van der Waals surface area contributed by atoms with Crippen LogP contribution in [-0.4, -0.2) is 106 Å². The normalized spacial score (nSPS) is 20.8. The van der Waals surface area contributed by atoms with E-state index in [1.807, 2.05) is 50.2 Å². The van der Waals surface area contributed by atoms with Gasteiger partial charge in [0.05, 0.1) is 61.9 Å². The lowest BCUT2D eigenvalue weighted by Gasteiger charge is -2.38. The monoisotopic (exact) mass is 884 g/mol. The molecule has 3 amide bonds. The first kappa shape index (κ1) is 43.7. The van der Waals surface area contributed by atoms with Gasteiger partial charge in [-0.15, -0.1) is 0 Å². The minimum atomic E-state index is -0.948. The van der Waals surface area contributed by atoms with Crippen LogP contribution in [0, 0.1) is 11.8 Å². The SMILES string of the molecule is COC[C@H]1C[C@@H](c2ncc(-c3ccc4c(c3)COc3cc5c(ccc6[nH]c([C@@H]7CC[C@H](C)N7C(O)[C@@H](NC(=O)OC)C(C)C)nc65)cc3-4)[nH]2)N(C(=O)[C@H](NC(=O)OC)c2ccccc2)C1. The van der Waals surface area contributed by atoms with E-state index in [2.05, 4.69) is 68.8 Å². The number of hydrogen-bond donors (Lipinski definition) is 5. The number of carbonyl (C=O) groups excluding carboxylic acids is 3. The van der Waals surface area contributed by atoms with E-state index in [0.717, 1.165) is 74.2 Å². The standard InChI is InChI=1S/C49H56N8O8/c1-26(2)41(54-48(60)63-5)47(59)57-27(3)12-17-38(57)45-51-36-16-14-30-20-35-33-15-13-31(19-32(33)25-65-40(35)21-34(30)43(36)53-45)37-22-50-44(52-37)39-18-28(24-62-4)23-56(39)46(58)42(55-49(61)64-6)29-10-8-7-9-11-29/h7-11,13-16,19-22,26-28,38-39,41-42,47,59H,12,17-18,23-25H2,1-6H3,(H,50,52)(H,51,53)(H,54,60)(H,55,61)/t27-,28-,38-,39-,41-,42+,47?/m0/s1. The van der Waals surface area contributed by atoms with Crippen LogP contribution in [0.1, 0.15) is 80.9 Å². The highest BCUT2D eigenvalue weighted by atomic mass is 16.5. The summed E-state index contributed by atoms with van der Waals surface area (Å²) >= 11 is 0. The summed E-state index contributed by atoms with van der Waals surface area (Å²) in [6.45, 7) is 7.31. The minimum absolute atomic E-state index is 0.0426. The fourth-order valence-corrected chi connectivity index (χ4v) is 10.0. The quantitative estimate of drug-likeness (QED) is 0.0815. The zero-order valence-electron chi connectivity index (χ0n) is 37.5. The summed E-state index contributed by atoms with van der Waals surface area (Å²) in [6.07, 6.45) is 1.89. The van der Waals surface area contributed by atoms with Crippen LogP contribution < -0.4 is 15.4 Å². The van der Waals surface area contributed by atoms with Gasteiger partial charge in [-0.25, -0.2) is 19.6 Å².